The lowest BCUT2D eigenvalue weighted by atomic mass is 9.33. The summed E-state index contributed by atoms with van der Waals surface area (Å²) in [6.45, 7) is 13.0. The van der Waals surface area contributed by atoms with Crippen LogP contribution in [-0.4, -0.2) is 326 Å². The lowest BCUT2D eigenvalue weighted by Gasteiger charge is -2.71. The fourth-order valence-corrected chi connectivity index (χ4v) is 19.1. The van der Waals surface area contributed by atoms with Gasteiger partial charge in [-0.05, 0) is 110 Å². The van der Waals surface area contributed by atoms with Crippen LogP contribution in [0.2, 0.25) is 0 Å². The van der Waals surface area contributed by atoms with Crippen molar-refractivity contribution in [3.05, 3.63) is 11.6 Å². The van der Waals surface area contributed by atoms with Gasteiger partial charge in [-0.2, -0.15) is 0 Å². The lowest BCUT2D eigenvalue weighted by Crippen LogP contribution is -2.68. The molecule has 6 saturated heterocycles. The van der Waals surface area contributed by atoms with Crippen molar-refractivity contribution in [3.8, 4) is 0 Å². The molecular weight excluding hydrogens is 1290 g/mol. The van der Waals surface area contributed by atoms with Crippen molar-refractivity contribution in [2.75, 3.05) is 33.0 Å². The zero-order valence-electron chi connectivity index (χ0n) is 55.9. The standard InChI is InChI=1S/C65H106O32/c1-24-36(71)40(75)45(80)54(88-24)95-51-30(21-68)91-53(49(84)44(51)79)87-23-31-39(74)43(78)48(83)57(92-31)97-59(85)65-16-15-60(2,3)17-26(65)25-9-10-33-62(6)13-12-35(61(4,5)32(62)11-14-63(33,7)64(25,8)18-34(65)70)93-58-52(96-56-47(82)42(77)38(73)29(20-67)90-56)50(27(69)22-86-58)94-55-46(81)41(76)37(72)28(19-66)89-55/h9,24,26-58,66-84H,10-23H2,1-8H3/t24-,26-,27-,28+,29+,30+,31+,32-,33+,34+,35-,36-,37+,38-,39+,40+,41-,42-,43-,44+,45+,46+,47+,48+,49+,50-,51+,52+,53+,54-,55-,56-,57-,58-,62-,63+,64+,65+/m0/s1. The van der Waals surface area contributed by atoms with Crippen LogP contribution in [0, 0.1) is 50.2 Å². The number of allylic oxidation sites excluding steroid dienone is 2. The number of ether oxygens (including phenoxy) is 12. The highest BCUT2D eigenvalue weighted by molar-refractivity contribution is 5.80. The first-order chi connectivity index (χ1) is 45.5. The molecule has 19 N–H and O–H groups in total. The molecule has 0 radical (unpaired) electrons. The van der Waals surface area contributed by atoms with E-state index < -0.39 is 257 Å². The van der Waals surface area contributed by atoms with E-state index in [0.717, 1.165) is 5.57 Å². The summed E-state index contributed by atoms with van der Waals surface area (Å²) in [5.74, 6) is -1.52. The first kappa shape index (κ1) is 76.1. The molecule has 0 unspecified atom stereocenters. The van der Waals surface area contributed by atoms with Gasteiger partial charge in [0.1, 0.15) is 140 Å². The minimum Gasteiger partial charge on any atom is -0.432 e. The van der Waals surface area contributed by atoms with Crippen molar-refractivity contribution in [1.29, 1.82) is 0 Å². The molecule has 0 amide bonds. The third-order valence-electron chi connectivity index (χ3n) is 25.2. The fraction of sp³-hybridized carbons (Fsp3) is 0.954. The SMILES string of the molecule is C[C@@H]1O[C@@H](O[C@H]2[C@H](O)[C@@H](O)[C@H](OC[C@H]3O[C@@H](OC(=O)[C@]45CCC(C)(C)C[C@H]4C4=CC[C@@H]6[C@@]7(C)CC[C@H](O[C@@H]8OC[C@H](O)[C@H](O[C@@H]9O[C@H](CO)[C@@H](O)[C@H](O)[C@H]9O)[C@H]8O[C@@H]8O[C@H](CO)[C@H](O)[C@H](O)[C@H]8O)C(C)(C)[C@@H]7CC[C@@]6(C)[C@]4(C)C[C@H]5O)[C@H](O)[C@@H](O)[C@@H]3O)O[C@@H]2CO)[C@H](O)[C@H](O)[C@H]1O. The van der Waals surface area contributed by atoms with E-state index in [-0.39, 0.29) is 35.5 Å². The number of aliphatic hydroxyl groups excluding tert-OH is 19. The molecule has 38 atom stereocenters. The van der Waals surface area contributed by atoms with Crippen LogP contribution in [0.1, 0.15) is 113 Å². The molecule has 97 heavy (non-hydrogen) atoms. The molecule has 11 aliphatic rings. The quantitative estimate of drug-likeness (QED) is 0.0389. The summed E-state index contributed by atoms with van der Waals surface area (Å²) in [5.41, 5.74) is -3.15. The summed E-state index contributed by atoms with van der Waals surface area (Å²) in [7, 11) is 0. The van der Waals surface area contributed by atoms with Crippen molar-refractivity contribution >= 4 is 5.97 Å². The monoisotopic (exact) mass is 1400 g/mol. The highest BCUT2D eigenvalue weighted by atomic mass is 16.8. The number of esters is 1. The van der Waals surface area contributed by atoms with Gasteiger partial charge >= 0.3 is 5.97 Å². The van der Waals surface area contributed by atoms with E-state index in [2.05, 4.69) is 54.5 Å². The molecule has 6 heterocycles. The normalized spacial score (nSPS) is 54.5. The lowest BCUT2D eigenvalue weighted by molar-refractivity contribution is -0.389. The van der Waals surface area contributed by atoms with E-state index in [1.54, 1.807) is 0 Å². The third-order valence-corrected chi connectivity index (χ3v) is 25.2. The number of carbonyl (C=O) groups excluding carboxylic acids is 1. The molecule has 32 nitrogen and oxygen atoms in total. The maximum absolute atomic E-state index is 15.4. The predicted molar refractivity (Wildman–Crippen MR) is 322 cm³/mol. The van der Waals surface area contributed by atoms with Crippen molar-refractivity contribution in [1.82, 2.24) is 0 Å². The smallest absolute Gasteiger partial charge is 0.317 e. The fourth-order valence-electron chi connectivity index (χ4n) is 19.1. The molecule has 6 aliphatic heterocycles. The van der Waals surface area contributed by atoms with E-state index in [0.29, 0.717) is 44.9 Å². The second-order valence-electron chi connectivity index (χ2n) is 31.6. The van der Waals surface area contributed by atoms with Gasteiger partial charge in [0.05, 0.1) is 51.3 Å². The Hall–Kier alpha value is -1.99. The minimum absolute atomic E-state index is 0.00102. The first-order valence-electron chi connectivity index (χ1n) is 34.2. The summed E-state index contributed by atoms with van der Waals surface area (Å²) in [6, 6.07) is 0. The summed E-state index contributed by atoms with van der Waals surface area (Å²) in [6.07, 6.45) is -44.8. The van der Waals surface area contributed by atoms with Crippen molar-refractivity contribution in [3.63, 3.8) is 0 Å². The van der Waals surface area contributed by atoms with Gasteiger partial charge in [0, 0.05) is 0 Å². The minimum atomic E-state index is -2.01. The molecule has 0 bridgehead atoms. The van der Waals surface area contributed by atoms with Gasteiger partial charge in [-0.3, -0.25) is 4.79 Å². The molecule has 0 aromatic carbocycles. The van der Waals surface area contributed by atoms with Crippen LogP contribution in [0.25, 0.3) is 0 Å². The van der Waals surface area contributed by atoms with Gasteiger partial charge < -0.3 is 154 Å². The number of hydrogen-bond acceptors (Lipinski definition) is 32. The molecule has 0 spiro atoms. The van der Waals surface area contributed by atoms with E-state index >= 15 is 4.79 Å². The topological polar surface area (TPSA) is 512 Å². The van der Waals surface area contributed by atoms with Crippen LogP contribution < -0.4 is 0 Å². The van der Waals surface area contributed by atoms with E-state index in [1.807, 2.05) is 0 Å². The predicted octanol–water partition coefficient (Wildman–Crippen LogP) is -5.75. The largest absolute Gasteiger partial charge is 0.432 e. The second-order valence-corrected chi connectivity index (χ2v) is 31.6. The van der Waals surface area contributed by atoms with Crippen LogP contribution in [0.5, 0.6) is 0 Å². The molecule has 0 aromatic heterocycles. The Morgan fingerprint density at radius 3 is 1.61 bits per heavy atom. The van der Waals surface area contributed by atoms with E-state index in [1.165, 1.54) is 6.92 Å². The Bertz CT molecular complexity index is 2730. The molecule has 10 fully saturated rings. The zero-order chi connectivity index (χ0) is 70.9. The first-order valence-corrected chi connectivity index (χ1v) is 34.2. The van der Waals surface area contributed by atoms with E-state index in [4.69, 9.17) is 56.8 Å². The van der Waals surface area contributed by atoms with Crippen LogP contribution in [0.3, 0.4) is 0 Å². The molecule has 4 saturated carbocycles. The second kappa shape index (κ2) is 28.5. The zero-order valence-corrected chi connectivity index (χ0v) is 55.9. The van der Waals surface area contributed by atoms with Gasteiger partial charge in [0.15, 0.2) is 31.5 Å². The Morgan fingerprint density at radius 2 is 1.01 bits per heavy atom. The van der Waals surface area contributed by atoms with Gasteiger partial charge in [0.25, 0.3) is 0 Å². The van der Waals surface area contributed by atoms with Gasteiger partial charge in [0.2, 0.25) is 6.29 Å². The molecule has 0 aromatic rings. The average Bonchev–Trinajstić information content (AvgIpc) is 0.672. The van der Waals surface area contributed by atoms with Crippen molar-refractivity contribution < 1.29 is 159 Å². The van der Waals surface area contributed by atoms with Crippen LogP contribution in [0.15, 0.2) is 11.6 Å². The maximum Gasteiger partial charge on any atom is 0.317 e. The number of rotatable bonds is 16. The molecular formula is C65H106O32. The van der Waals surface area contributed by atoms with Crippen LogP contribution >= 0.6 is 0 Å². The highest BCUT2D eigenvalue weighted by Crippen LogP contribution is 2.76. The van der Waals surface area contributed by atoms with Gasteiger partial charge in [-0.15, -0.1) is 0 Å². The summed E-state index contributed by atoms with van der Waals surface area (Å²) >= 11 is 0. The van der Waals surface area contributed by atoms with Crippen LogP contribution in [-0.2, 0) is 61.6 Å². The van der Waals surface area contributed by atoms with Crippen molar-refractivity contribution in [2.24, 2.45) is 50.2 Å². The summed E-state index contributed by atoms with van der Waals surface area (Å²) < 4.78 is 71.9. The Morgan fingerprint density at radius 1 is 0.495 bits per heavy atom. The highest BCUT2D eigenvalue weighted by Gasteiger charge is 2.72. The Labute approximate surface area is 561 Å². The van der Waals surface area contributed by atoms with Gasteiger partial charge in [-0.1, -0.05) is 60.1 Å². The van der Waals surface area contributed by atoms with Crippen molar-refractivity contribution in [2.45, 2.75) is 304 Å². The third kappa shape index (κ3) is 13.0. The Kier molecular flexibility index (Phi) is 22.4. The summed E-state index contributed by atoms with van der Waals surface area (Å²) in [5, 5.41) is 207. The number of carbonyl (C=O) groups is 1. The maximum atomic E-state index is 15.4. The Balaban J connectivity index is 0.801. The number of hydrogen-bond donors (Lipinski definition) is 19. The van der Waals surface area contributed by atoms with E-state index in [9.17, 15) is 97.0 Å². The molecule has 32 heteroatoms. The number of aliphatic hydroxyl groups is 19. The van der Waals surface area contributed by atoms with Gasteiger partial charge in [-0.25, -0.2) is 0 Å². The molecule has 558 valence electrons. The van der Waals surface area contributed by atoms with Crippen LogP contribution in [0.4, 0.5) is 0 Å². The molecule has 11 rings (SSSR count). The molecule has 5 aliphatic carbocycles. The number of fused-ring (bicyclic) bond motifs is 7. The summed E-state index contributed by atoms with van der Waals surface area (Å²) in [4.78, 5) is 15.4. The average molecular weight is 1400 g/mol.